The minimum atomic E-state index is -0.336. The molecule has 0 aromatic heterocycles. The second-order valence-corrected chi connectivity index (χ2v) is 5.44. The van der Waals surface area contributed by atoms with Crippen LogP contribution in [0.15, 0.2) is 0 Å². The van der Waals surface area contributed by atoms with E-state index < -0.39 is 0 Å². The monoisotopic (exact) mass is 240 g/mol. The molecule has 1 aliphatic heterocycles. The number of rotatable bonds is 3. The standard InChI is InChI=1S/C13H24N2O2/c16-12-6-2-1-5-11(12)15-13(17)8-10-4-3-7-14-9-10/h10-12,14,16H,1-9H2,(H,15,17)/t10?,11-,12-/m1/s1. The summed E-state index contributed by atoms with van der Waals surface area (Å²) < 4.78 is 0. The van der Waals surface area contributed by atoms with Gasteiger partial charge in [-0.3, -0.25) is 4.79 Å². The Bertz CT molecular complexity index is 252. The summed E-state index contributed by atoms with van der Waals surface area (Å²) in [5.41, 5.74) is 0. The number of hydrogen-bond donors (Lipinski definition) is 3. The Labute approximate surface area is 103 Å². The van der Waals surface area contributed by atoms with Crippen molar-refractivity contribution in [3.8, 4) is 0 Å². The second kappa shape index (κ2) is 6.36. The lowest BCUT2D eigenvalue weighted by Crippen LogP contribution is -2.46. The van der Waals surface area contributed by atoms with Crippen LogP contribution in [-0.2, 0) is 4.79 Å². The highest BCUT2D eigenvalue weighted by atomic mass is 16.3. The van der Waals surface area contributed by atoms with E-state index in [4.69, 9.17) is 0 Å². The van der Waals surface area contributed by atoms with E-state index in [9.17, 15) is 9.90 Å². The molecule has 1 saturated heterocycles. The van der Waals surface area contributed by atoms with E-state index in [1.54, 1.807) is 0 Å². The summed E-state index contributed by atoms with van der Waals surface area (Å²) in [6, 6.07) is -0.00667. The average molecular weight is 240 g/mol. The molecule has 3 N–H and O–H groups in total. The summed E-state index contributed by atoms with van der Waals surface area (Å²) in [5.74, 6) is 0.592. The predicted octanol–water partition coefficient (Wildman–Crippen LogP) is 0.796. The van der Waals surface area contributed by atoms with Crippen molar-refractivity contribution < 1.29 is 9.90 Å². The summed E-state index contributed by atoms with van der Waals surface area (Å²) in [6.45, 7) is 2.04. The molecular weight excluding hydrogens is 216 g/mol. The van der Waals surface area contributed by atoms with Crippen molar-refractivity contribution in [2.45, 2.75) is 57.1 Å². The fourth-order valence-electron chi connectivity index (χ4n) is 2.91. The molecule has 1 unspecified atom stereocenters. The molecule has 0 aromatic rings. The van der Waals surface area contributed by atoms with Crippen molar-refractivity contribution in [3.05, 3.63) is 0 Å². The molecule has 0 bridgehead atoms. The van der Waals surface area contributed by atoms with Crippen LogP contribution in [0.4, 0.5) is 0 Å². The van der Waals surface area contributed by atoms with Gasteiger partial charge in [-0.05, 0) is 44.7 Å². The van der Waals surface area contributed by atoms with E-state index in [0.717, 1.165) is 45.2 Å². The van der Waals surface area contributed by atoms with Gasteiger partial charge in [0, 0.05) is 6.42 Å². The van der Waals surface area contributed by atoms with Crippen LogP contribution in [0.3, 0.4) is 0 Å². The Hall–Kier alpha value is -0.610. The van der Waals surface area contributed by atoms with Gasteiger partial charge in [0.25, 0.3) is 0 Å². The molecule has 4 nitrogen and oxygen atoms in total. The molecule has 0 aromatic carbocycles. The van der Waals surface area contributed by atoms with E-state index in [1.165, 1.54) is 6.42 Å². The third-order valence-electron chi connectivity index (χ3n) is 3.95. The maximum atomic E-state index is 11.9. The Kier molecular flexibility index (Phi) is 4.80. The summed E-state index contributed by atoms with van der Waals surface area (Å²) in [5, 5.41) is 16.1. The fourth-order valence-corrected chi connectivity index (χ4v) is 2.91. The topological polar surface area (TPSA) is 61.4 Å². The Balaban J connectivity index is 1.72. The zero-order chi connectivity index (χ0) is 12.1. The fraction of sp³-hybridized carbons (Fsp3) is 0.923. The van der Waals surface area contributed by atoms with Gasteiger partial charge in [0.1, 0.15) is 0 Å². The quantitative estimate of drug-likeness (QED) is 0.683. The van der Waals surface area contributed by atoms with Crippen LogP contribution in [0.5, 0.6) is 0 Å². The van der Waals surface area contributed by atoms with Crippen molar-refractivity contribution in [2.75, 3.05) is 13.1 Å². The molecule has 2 aliphatic rings. The van der Waals surface area contributed by atoms with Crippen LogP contribution >= 0.6 is 0 Å². The molecule has 0 radical (unpaired) electrons. The van der Waals surface area contributed by atoms with Gasteiger partial charge < -0.3 is 15.7 Å². The Morgan fingerprint density at radius 2 is 2.06 bits per heavy atom. The Morgan fingerprint density at radius 1 is 1.24 bits per heavy atom. The molecule has 1 amide bonds. The van der Waals surface area contributed by atoms with Crippen molar-refractivity contribution in [1.29, 1.82) is 0 Å². The highest BCUT2D eigenvalue weighted by Gasteiger charge is 2.25. The maximum Gasteiger partial charge on any atom is 0.220 e. The maximum absolute atomic E-state index is 11.9. The number of carbonyl (C=O) groups excluding carboxylic acids is 1. The minimum Gasteiger partial charge on any atom is -0.391 e. The van der Waals surface area contributed by atoms with Gasteiger partial charge in [-0.15, -0.1) is 0 Å². The lowest BCUT2D eigenvalue weighted by atomic mass is 9.91. The molecule has 4 heteroatoms. The number of aliphatic hydroxyl groups excluding tert-OH is 1. The molecule has 1 aliphatic carbocycles. The molecule has 0 spiro atoms. The molecule has 1 saturated carbocycles. The zero-order valence-electron chi connectivity index (χ0n) is 10.5. The highest BCUT2D eigenvalue weighted by Crippen LogP contribution is 2.19. The van der Waals surface area contributed by atoms with E-state index in [2.05, 4.69) is 10.6 Å². The van der Waals surface area contributed by atoms with Gasteiger partial charge in [-0.2, -0.15) is 0 Å². The third kappa shape index (κ3) is 3.96. The molecular formula is C13H24N2O2. The van der Waals surface area contributed by atoms with Crippen molar-refractivity contribution >= 4 is 5.91 Å². The third-order valence-corrected chi connectivity index (χ3v) is 3.95. The van der Waals surface area contributed by atoms with Crippen molar-refractivity contribution in [3.63, 3.8) is 0 Å². The van der Waals surface area contributed by atoms with Gasteiger partial charge in [-0.1, -0.05) is 12.8 Å². The van der Waals surface area contributed by atoms with E-state index in [-0.39, 0.29) is 18.1 Å². The number of piperidine rings is 1. The molecule has 17 heavy (non-hydrogen) atoms. The van der Waals surface area contributed by atoms with Gasteiger partial charge in [0.2, 0.25) is 5.91 Å². The van der Waals surface area contributed by atoms with Crippen molar-refractivity contribution in [1.82, 2.24) is 10.6 Å². The number of nitrogens with one attached hydrogen (secondary N) is 2. The summed E-state index contributed by atoms with van der Waals surface area (Å²) in [6.07, 6.45) is 6.55. The van der Waals surface area contributed by atoms with E-state index >= 15 is 0 Å². The van der Waals surface area contributed by atoms with E-state index in [1.807, 2.05) is 0 Å². The number of hydrogen-bond acceptors (Lipinski definition) is 3. The van der Waals surface area contributed by atoms with Gasteiger partial charge in [-0.25, -0.2) is 0 Å². The predicted molar refractivity (Wildman–Crippen MR) is 66.6 cm³/mol. The normalized spacial score (nSPS) is 34.3. The smallest absolute Gasteiger partial charge is 0.220 e. The van der Waals surface area contributed by atoms with Crippen LogP contribution in [0, 0.1) is 5.92 Å². The summed E-state index contributed by atoms with van der Waals surface area (Å²) >= 11 is 0. The first-order chi connectivity index (χ1) is 8.25. The van der Waals surface area contributed by atoms with Crippen LogP contribution in [0.1, 0.15) is 44.9 Å². The molecule has 2 rings (SSSR count). The number of aliphatic hydroxyl groups is 1. The largest absolute Gasteiger partial charge is 0.391 e. The lowest BCUT2D eigenvalue weighted by molar-refractivity contribution is -0.124. The first-order valence-electron chi connectivity index (χ1n) is 6.94. The summed E-state index contributed by atoms with van der Waals surface area (Å²) in [7, 11) is 0. The minimum absolute atomic E-state index is 0.00667. The molecule has 2 fully saturated rings. The SMILES string of the molecule is O=C(CC1CCCNC1)N[C@@H]1CCCC[C@H]1O. The van der Waals surface area contributed by atoms with Crippen LogP contribution in [-0.4, -0.2) is 36.2 Å². The second-order valence-electron chi connectivity index (χ2n) is 5.44. The molecule has 1 heterocycles. The zero-order valence-corrected chi connectivity index (χ0v) is 10.5. The Morgan fingerprint density at radius 3 is 2.76 bits per heavy atom. The van der Waals surface area contributed by atoms with Crippen molar-refractivity contribution in [2.24, 2.45) is 5.92 Å². The summed E-state index contributed by atoms with van der Waals surface area (Å²) in [4.78, 5) is 11.9. The van der Waals surface area contributed by atoms with Gasteiger partial charge >= 0.3 is 0 Å². The molecule has 3 atom stereocenters. The van der Waals surface area contributed by atoms with Crippen LogP contribution < -0.4 is 10.6 Å². The lowest BCUT2D eigenvalue weighted by Gasteiger charge is -2.29. The van der Waals surface area contributed by atoms with Crippen LogP contribution in [0.2, 0.25) is 0 Å². The number of amides is 1. The molecule has 98 valence electrons. The van der Waals surface area contributed by atoms with E-state index in [0.29, 0.717) is 12.3 Å². The first kappa shape index (κ1) is 12.8. The van der Waals surface area contributed by atoms with Gasteiger partial charge in [0.05, 0.1) is 12.1 Å². The average Bonchev–Trinajstić information content (AvgIpc) is 2.33. The number of carbonyl (C=O) groups is 1. The highest BCUT2D eigenvalue weighted by molar-refractivity contribution is 5.76. The first-order valence-corrected chi connectivity index (χ1v) is 6.94. The van der Waals surface area contributed by atoms with Crippen LogP contribution in [0.25, 0.3) is 0 Å². The van der Waals surface area contributed by atoms with Gasteiger partial charge in [0.15, 0.2) is 0 Å².